The minimum atomic E-state index is -0.457. The van der Waals surface area contributed by atoms with Gasteiger partial charge in [0.1, 0.15) is 11.9 Å². The predicted octanol–water partition coefficient (Wildman–Crippen LogP) is 1.02. The van der Waals surface area contributed by atoms with Crippen LogP contribution in [0.4, 0.5) is 0 Å². The van der Waals surface area contributed by atoms with Crippen LogP contribution in [0.2, 0.25) is 0 Å². The first kappa shape index (κ1) is 24.0. The second-order valence-corrected chi connectivity index (χ2v) is 8.88. The first-order valence-electron chi connectivity index (χ1n) is 11.1. The normalized spacial score (nSPS) is 23.3. The maximum atomic E-state index is 12.6. The molecule has 3 heterocycles. The van der Waals surface area contributed by atoms with Crippen molar-refractivity contribution in [2.45, 2.75) is 50.7 Å². The summed E-state index contributed by atoms with van der Waals surface area (Å²) in [6, 6.07) is 6.77. The summed E-state index contributed by atoms with van der Waals surface area (Å²) in [4.78, 5) is 37.7. The van der Waals surface area contributed by atoms with Gasteiger partial charge in [-0.25, -0.2) is 0 Å². The summed E-state index contributed by atoms with van der Waals surface area (Å²) >= 11 is 0. The fourth-order valence-corrected chi connectivity index (χ4v) is 4.87. The number of phenols is 1. The first-order valence-corrected chi connectivity index (χ1v) is 11.1. The highest BCUT2D eigenvalue weighted by molar-refractivity contribution is 5.81. The molecule has 0 saturated carbocycles. The number of aliphatic hydroxyl groups excluding tert-OH is 1. The van der Waals surface area contributed by atoms with Crippen molar-refractivity contribution in [3.05, 3.63) is 29.8 Å². The molecule has 32 heavy (non-hydrogen) atoms. The zero-order valence-corrected chi connectivity index (χ0v) is 18.2. The van der Waals surface area contributed by atoms with E-state index in [0.29, 0.717) is 25.9 Å². The summed E-state index contributed by atoms with van der Waals surface area (Å²) in [5.41, 5.74) is 0.337. The van der Waals surface area contributed by atoms with Crippen LogP contribution in [0.15, 0.2) is 24.3 Å². The second kappa shape index (κ2) is 10.8. The van der Waals surface area contributed by atoms with Crippen molar-refractivity contribution in [3.63, 3.8) is 0 Å². The van der Waals surface area contributed by atoms with Crippen LogP contribution in [-0.2, 0) is 25.5 Å². The molecular weight excluding hydrogens is 416 g/mol. The molecule has 9 heteroatoms. The van der Waals surface area contributed by atoms with Gasteiger partial charge < -0.3 is 25.0 Å². The van der Waals surface area contributed by atoms with Gasteiger partial charge in [-0.05, 0) is 43.4 Å². The third-order valence-electron chi connectivity index (χ3n) is 6.68. The van der Waals surface area contributed by atoms with Gasteiger partial charge in [-0.2, -0.15) is 0 Å². The number of hydrogen-bond donors (Lipinski definition) is 3. The number of carbonyl (C=O) groups excluding carboxylic acids is 2. The number of cyclic esters (lactones) is 1. The number of hydrogen-bond acceptors (Lipinski definition) is 7. The van der Waals surface area contributed by atoms with Crippen molar-refractivity contribution in [2.75, 3.05) is 32.7 Å². The Hall–Kier alpha value is -2.65. The van der Waals surface area contributed by atoms with Gasteiger partial charge in [-0.1, -0.05) is 12.1 Å². The molecule has 0 bridgehead atoms. The number of aliphatic hydroxyl groups is 1. The fourth-order valence-electron chi connectivity index (χ4n) is 4.87. The van der Waals surface area contributed by atoms with E-state index in [2.05, 4.69) is 4.90 Å². The zero-order chi connectivity index (χ0) is 23.1. The Labute approximate surface area is 187 Å². The molecule has 1 aromatic rings. The lowest BCUT2D eigenvalue weighted by molar-refractivity contribution is -0.153. The molecule has 3 fully saturated rings. The number of amides is 1. The summed E-state index contributed by atoms with van der Waals surface area (Å²) in [6.07, 6.45) is 3.54. The molecule has 3 N–H and O–H groups in total. The summed E-state index contributed by atoms with van der Waals surface area (Å²) in [6.45, 7) is 3.31. The van der Waals surface area contributed by atoms with Crippen LogP contribution in [0.3, 0.4) is 0 Å². The largest absolute Gasteiger partial charge is 0.508 e. The van der Waals surface area contributed by atoms with E-state index in [1.54, 1.807) is 18.2 Å². The van der Waals surface area contributed by atoms with E-state index in [1.807, 2.05) is 11.0 Å². The van der Waals surface area contributed by atoms with Gasteiger partial charge in [0.2, 0.25) is 5.91 Å². The highest BCUT2D eigenvalue weighted by Crippen LogP contribution is 2.43. The molecule has 1 atom stereocenters. The van der Waals surface area contributed by atoms with Crippen molar-refractivity contribution in [1.29, 1.82) is 0 Å². The highest BCUT2D eigenvalue weighted by Gasteiger charge is 2.51. The van der Waals surface area contributed by atoms with Crippen LogP contribution in [0, 0.1) is 5.41 Å². The Bertz CT molecular complexity index is 799. The van der Waals surface area contributed by atoms with Gasteiger partial charge >= 0.3 is 5.97 Å². The third kappa shape index (κ3) is 5.98. The van der Waals surface area contributed by atoms with Gasteiger partial charge in [0, 0.05) is 39.1 Å². The van der Waals surface area contributed by atoms with Crippen LogP contribution in [0.1, 0.15) is 37.7 Å². The van der Waals surface area contributed by atoms with Gasteiger partial charge in [0.05, 0.1) is 17.9 Å². The van der Waals surface area contributed by atoms with Crippen molar-refractivity contribution in [2.24, 2.45) is 5.41 Å². The number of carboxylic acid groups (broad SMARTS) is 1. The number of carbonyl (C=O) groups is 3. The van der Waals surface area contributed by atoms with Crippen molar-refractivity contribution in [3.8, 4) is 5.75 Å². The number of esters is 1. The number of nitrogens with zero attached hydrogens (tertiary/aromatic N) is 2. The quantitative estimate of drug-likeness (QED) is 0.460. The van der Waals surface area contributed by atoms with Crippen LogP contribution in [0.5, 0.6) is 5.75 Å². The van der Waals surface area contributed by atoms with Gasteiger partial charge in [-0.3, -0.25) is 19.3 Å². The summed E-state index contributed by atoms with van der Waals surface area (Å²) < 4.78 is 5.71. The zero-order valence-electron chi connectivity index (χ0n) is 18.2. The van der Waals surface area contributed by atoms with E-state index in [1.165, 1.54) is 0 Å². The Morgan fingerprint density at radius 2 is 1.84 bits per heavy atom. The lowest BCUT2D eigenvalue weighted by atomic mass is 9.76. The van der Waals surface area contributed by atoms with Crippen LogP contribution in [-0.4, -0.2) is 88.4 Å². The molecular formula is C23H32N2O7. The molecule has 0 radical (unpaired) electrons. The third-order valence-corrected chi connectivity index (χ3v) is 6.68. The van der Waals surface area contributed by atoms with Crippen molar-refractivity contribution in [1.82, 2.24) is 9.80 Å². The number of phenolic OH excluding ortho intramolecular Hbond substituents is 1. The number of rotatable bonds is 4. The number of aromatic hydroxyl groups is 1. The molecule has 3 aliphatic heterocycles. The van der Waals surface area contributed by atoms with Crippen molar-refractivity contribution >= 4 is 18.3 Å². The molecule has 3 saturated heterocycles. The topological polar surface area (TPSA) is 128 Å². The SMILES string of the molecule is O=C(Cc1cccc(O)c1)N1CCC2(CC1)CC(CN1CCC(O)CC1)OC2=O.O=CO. The minimum absolute atomic E-state index is 0.0280. The van der Waals surface area contributed by atoms with Crippen LogP contribution < -0.4 is 0 Å². The van der Waals surface area contributed by atoms with Crippen molar-refractivity contribution < 1.29 is 34.4 Å². The van der Waals surface area contributed by atoms with E-state index < -0.39 is 5.41 Å². The van der Waals surface area contributed by atoms with Crippen LogP contribution >= 0.6 is 0 Å². The van der Waals surface area contributed by atoms with E-state index in [4.69, 9.17) is 14.6 Å². The standard InChI is InChI=1S/C22H30N2O5.CH2O2/c25-17-4-8-23(9-5-17)15-19-14-22(21(28)29-19)6-10-24(11-7-22)20(27)13-16-2-1-3-18(26)12-16;2-1-3/h1-3,12,17,19,25-26H,4-11,13-15H2;1H,(H,2,3). The smallest absolute Gasteiger partial charge is 0.312 e. The van der Waals surface area contributed by atoms with E-state index >= 15 is 0 Å². The molecule has 1 aromatic carbocycles. The Balaban J connectivity index is 0.000000913. The number of piperidine rings is 2. The summed E-state index contributed by atoms with van der Waals surface area (Å²) in [5, 5.41) is 26.1. The average molecular weight is 449 g/mol. The maximum absolute atomic E-state index is 12.6. The average Bonchev–Trinajstić information content (AvgIpc) is 3.05. The highest BCUT2D eigenvalue weighted by atomic mass is 16.6. The molecule has 176 valence electrons. The lowest BCUT2D eigenvalue weighted by Crippen LogP contribution is -2.45. The van der Waals surface area contributed by atoms with Gasteiger partial charge in [0.25, 0.3) is 6.47 Å². The van der Waals surface area contributed by atoms with Gasteiger partial charge in [0.15, 0.2) is 0 Å². The van der Waals surface area contributed by atoms with Crippen LogP contribution in [0.25, 0.3) is 0 Å². The van der Waals surface area contributed by atoms with E-state index in [-0.39, 0.29) is 42.7 Å². The molecule has 1 unspecified atom stereocenters. The number of ether oxygens (including phenoxy) is 1. The van der Waals surface area contributed by atoms with E-state index in [9.17, 15) is 19.8 Å². The molecule has 4 rings (SSSR count). The molecule has 0 aliphatic carbocycles. The molecule has 0 aromatic heterocycles. The molecule has 3 aliphatic rings. The summed E-state index contributed by atoms with van der Waals surface area (Å²) in [7, 11) is 0. The lowest BCUT2D eigenvalue weighted by Gasteiger charge is -2.36. The number of benzene rings is 1. The first-order chi connectivity index (χ1) is 15.3. The molecule has 9 nitrogen and oxygen atoms in total. The Kier molecular flexibility index (Phi) is 8.09. The predicted molar refractivity (Wildman–Crippen MR) is 115 cm³/mol. The second-order valence-electron chi connectivity index (χ2n) is 8.88. The van der Waals surface area contributed by atoms with E-state index in [0.717, 1.165) is 44.5 Å². The maximum Gasteiger partial charge on any atom is 0.312 e. The summed E-state index contributed by atoms with van der Waals surface area (Å²) in [5.74, 6) is 0.0794. The molecule has 1 spiro atoms. The molecule has 1 amide bonds. The Morgan fingerprint density at radius 1 is 1.19 bits per heavy atom. The van der Waals surface area contributed by atoms with Gasteiger partial charge in [-0.15, -0.1) is 0 Å². The Morgan fingerprint density at radius 3 is 2.47 bits per heavy atom. The monoisotopic (exact) mass is 448 g/mol. The minimum Gasteiger partial charge on any atom is -0.508 e. The number of likely N-dealkylation sites (tertiary alicyclic amines) is 2. The fraction of sp³-hybridized carbons (Fsp3) is 0.609.